The molecule has 0 radical (unpaired) electrons. The summed E-state index contributed by atoms with van der Waals surface area (Å²) in [5.41, 5.74) is -0.884. The van der Waals surface area contributed by atoms with Gasteiger partial charge in [0.15, 0.2) is 0 Å². The molecule has 10 heteroatoms. The van der Waals surface area contributed by atoms with Gasteiger partial charge >= 0.3 is 6.18 Å². The van der Waals surface area contributed by atoms with Crippen molar-refractivity contribution < 1.29 is 22.7 Å². The number of hydrogen-bond donors (Lipinski definition) is 0. The Labute approximate surface area is 179 Å². The van der Waals surface area contributed by atoms with E-state index in [1.54, 1.807) is 9.80 Å². The Morgan fingerprint density at radius 3 is 2.55 bits per heavy atom. The minimum Gasteiger partial charge on any atom is -0.493 e. The van der Waals surface area contributed by atoms with Gasteiger partial charge < -0.3 is 14.5 Å². The predicted octanol–water partition coefficient (Wildman–Crippen LogP) is 4.63. The molecule has 0 atom stereocenters. The number of amides is 1. The lowest BCUT2D eigenvalue weighted by Crippen LogP contribution is -2.49. The summed E-state index contributed by atoms with van der Waals surface area (Å²) in [6, 6.07) is 8.25. The standard InChI is InChI=1S/C19H18BrClF3N3O2/c20-14-2-1-3-15(11-14)29-9-4-17(28)26-5-7-27(8-6-26)18-16(21)10-13(12-25-18)19(22,23)24/h1-3,10-12H,4-9H2. The van der Waals surface area contributed by atoms with Gasteiger partial charge in [-0.05, 0) is 24.3 Å². The smallest absolute Gasteiger partial charge is 0.417 e. The maximum Gasteiger partial charge on any atom is 0.417 e. The zero-order valence-corrected chi connectivity index (χ0v) is 17.6. The summed E-state index contributed by atoms with van der Waals surface area (Å²) in [5.74, 6) is 0.941. The van der Waals surface area contributed by atoms with Gasteiger partial charge in [0.1, 0.15) is 11.6 Å². The number of hydrogen-bond acceptors (Lipinski definition) is 4. The first kappa shape index (κ1) is 21.7. The van der Waals surface area contributed by atoms with E-state index >= 15 is 0 Å². The van der Waals surface area contributed by atoms with E-state index < -0.39 is 11.7 Å². The Morgan fingerprint density at radius 1 is 1.21 bits per heavy atom. The molecule has 1 aromatic carbocycles. The topological polar surface area (TPSA) is 45.7 Å². The highest BCUT2D eigenvalue weighted by atomic mass is 79.9. The molecule has 2 heterocycles. The van der Waals surface area contributed by atoms with Crippen molar-refractivity contribution in [3.8, 4) is 5.75 Å². The van der Waals surface area contributed by atoms with Crippen LogP contribution in [0.5, 0.6) is 5.75 Å². The third-order valence-electron chi connectivity index (χ3n) is 4.46. The number of piperazine rings is 1. The Hall–Kier alpha value is -2.00. The Morgan fingerprint density at radius 2 is 1.93 bits per heavy atom. The summed E-state index contributed by atoms with van der Waals surface area (Å²) in [6.45, 7) is 2.03. The molecule has 0 aliphatic carbocycles. The van der Waals surface area contributed by atoms with Gasteiger partial charge in [-0.2, -0.15) is 13.2 Å². The number of ether oxygens (including phenoxy) is 1. The van der Waals surface area contributed by atoms with Crippen LogP contribution >= 0.6 is 27.5 Å². The molecule has 1 aromatic heterocycles. The fraction of sp³-hybridized carbons (Fsp3) is 0.368. The van der Waals surface area contributed by atoms with Gasteiger partial charge in [-0.3, -0.25) is 4.79 Å². The number of benzene rings is 1. The van der Waals surface area contributed by atoms with Crippen molar-refractivity contribution in [3.63, 3.8) is 0 Å². The molecule has 3 rings (SSSR count). The molecule has 1 amide bonds. The van der Waals surface area contributed by atoms with Gasteiger partial charge in [0.25, 0.3) is 0 Å². The van der Waals surface area contributed by atoms with Crippen molar-refractivity contribution >= 4 is 39.3 Å². The summed E-state index contributed by atoms with van der Waals surface area (Å²) >= 11 is 9.36. The first-order valence-corrected chi connectivity index (χ1v) is 10.0. The third-order valence-corrected chi connectivity index (χ3v) is 5.23. The van der Waals surface area contributed by atoms with Crippen molar-refractivity contribution in [2.24, 2.45) is 0 Å². The lowest BCUT2D eigenvalue weighted by Gasteiger charge is -2.35. The number of rotatable bonds is 5. The van der Waals surface area contributed by atoms with Crippen molar-refractivity contribution in [3.05, 3.63) is 51.6 Å². The van der Waals surface area contributed by atoms with E-state index in [2.05, 4.69) is 20.9 Å². The van der Waals surface area contributed by atoms with Crippen LogP contribution in [0.15, 0.2) is 41.0 Å². The second-order valence-electron chi connectivity index (χ2n) is 6.45. The molecule has 0 unspecified atom stereocenters. The predicted molar refractivity (Wildman–Crippen MR) is 107 cm³/mol. The minimum absolute atomic E-state index is 0.0360. The van der Waals surface area contributed by atoms with Gasteiger partial charge in [0, 0.05) is 36.8 Å². The molecule has 0 bridgehead atoms. The van der Waals surface area contributed by atoms with Crippen molar-refractivity contribution in [2.45, 2.75) is 12.6 Å². The summed E-state index contributed by atoms with van der Waals surface area (Å²) in [7, 11) is 0. The Kier molecular flexibility index (Phi) is 6.89. The highest BCUT2D eigenvalue weighted by Gasteiger charge is 2.32. The first-order chi connectivity index (χ1) is 13.7. The van der Waals surface area contributed by atoms with Gasteiger partial charge in [-0.15, -0.1) is 0 Å². The van der Waals surface area contributed by atoms with Crippen LogP contribution in [-0.2, 0) is 11.0 Å². The summed E-state index contributed by atoms with van der Waals surface area (Å²) in [5, 5.41) is -0.0537. The van der Waals surface area contributed by atoms with Crippen molar-refractivity contribution in [2.75, 3.05) is 37.7 Å². The number of anilines is 1. The summed E-state index contributed by atoms with van der Waals surface area (Å²) in [4.78, 5) is 19.7. The zero-order valence-electron chi connectivity index (χ0n) is 15.3. The number of halogens is 5. The van der Waals surface area contributed by atoms with Crippen LogP contribution in [-0.4, -0.2) is 48.6 Å². The molecule has 0 saturated carbocycles. The van der Waals surface area contributed by atoms with Gasteiger partial charge in [-0.25, -0.2) is 4.98 Å². The van der Waals surface area contributed by atoms with Crippen LogP contribution in [0.4, 0.5) is 19.0 Å². The summed E-state index contributed by atoms with van der Waals surface area (Å²) in [6.07, 6.45) is -3.47. The molecule has 5 nitrogen and oxygen atoms in total. The van der Waals surface area contributed by atoms with Crippen molar-refractivity contribution in [1.82, 2.24) is 9.88 Å². The normalized spacial score (nSPS) is 14.8. The number of alkyl halides is 3. The fourth-order valence-corrected chi connectivity index (χ4v) is 3.62. The fourth-order valence-electron chi connectivity index (χ4n) is 2.96. The van der Waals surface area contributed by atoms with E-state index in [-0.39, 0.29) is 24.0 Å². The number of nitrogens with zero attached hydrogens (tertiary/aromatic N) is 3. The summed E-state index contributed by atoms with van der Waals surface area (Å²) < 4.78 is 44.7. The van der Waals surface area contributed by atoms with Crippen LogP contribution in [0.25, 0.3) is 0 Å². The number of pyridine rings is 1. The molecular weight excluding hydrogens is 475 g/mol. The average Bonchev–Trinajstić information content (AvgIpc) is 2.67. The van der Waals surface area contributed by atoms with Crippen LogP contribution in [0.3, 0.4) is 0 Å². The largest absolute Gasteiger partial charge is 0.493 e. The van der Waals surface area contributed by atoms with E-state index in [0.717, 1.165) is 16.7 Å². The Bertz CT molecular complexity index is 874. The van der Waals surface area contributed by atoms with Gasteiger partial charge in [-0.1, -0.05) is 33.6 Å². The molecule has 0 N–H and O–H groups in total. The minimum atomic E-state index is -4.49. The van der Waals surface area contributed by atoms with E-state index in [1.165, 1.54) is 0 Å². The highest BCUT2D eigenvalue weighted by molar-refractivity contribution is 9.10. The quantitative estimate of drug-likeness (QED) is 0.610. The molecule has 2 aromatic rings. The third kappa shape index (κ3) is 5.76. The number of carbonyl (C=O) groups excluding carboxylic acids is 1. The van der Waals surface area contributed by atoms with E-state index in [4.69, 9.17) is 16.3 Å². The van der Waals surface area contributed by atoms with E-state index in [0.29, 0.717) is 37.7 Å². The number of carbonyl (C=O) groups is 1. The van der Waals surface area contributed by atoms with Crippen LogP contribution in [0.1, 0.15) is 12.0 Å². The molecule has 0 spiro atoms. The lowest BCUT2D eigenvalue weighted by atomic mass is 10.2. The van der Waals surface area contributed by atoms with Crippen LogP contribution in [0, 0.1) is 0 Å². The Balaban J connectivity index is 1.49. The average molecular weight is 493 g/mol. The van der Waals surface area contributed by atoms with E-state index in [9.17, 15) is 18.0 Å². The van der Waals surface area contributed by atoms with Crippen LogP contribution < -0.4 is 9.64 Å². The SMILES string of the molecule is O=C(CCOc1cccc(Br)c1)N1CCN(c2ncc(C(F)(F)F)cc2Cl)CC1. The highest BCUT2D eigenvalue weighted by Crippen LogP contribution is 2.33. The van der Waals surface area contributed by atoms with Gasteiger partial charge in [0.2, 0.25) is 5.91 Å². The molecule has 1 aliphatic rings. The maximum absolute atomic E-state index is 12.7. The first-order valence-electron chi connectivity index (χ1n) is 8.88. The monoisotopic (exact) mass is 491 g/mol. The molecule has 1 aliphatic heterocycles. The second-order valence-corrected chi connectivity index (χ2v) is 7.77. The van der Waals surface area contributed by atoms with Gasteiger partial charge in [0.05, 0.1) is 23.6 Å². The second kappa shape index (κ2) is 9.21. The number of aromatic nitrogens is 1. The van der Waals surface area contributed by atoms with E-state index in [1.807, 2.05) is 24.3 Å². The maximum atomic E-state index is 12.7. The van der Waals surface area contributed by atoms with Crippen molar-refractivity contribution in [1.29, 1.82) is 0 Å². The molecule has 156 valence electrons. The molecule has 1 fully saturated rings. The van der Waals surface area contributed by atoms with Crippen LogP contribution in [0.2, 0.25) is 5.02 Å². The molecular formula is C19H18BrClF3N3O2. The molecule has 1 saturated heterocycles. The lowest BCUT2D eigenvalue weighted by molar-refractivity contribution is -0.138. The zero-order chi connectivity index (χ0) is 21.0. The molecule has 29 heavy (non-hydrogen) atoms.